The number of nitrogens with zero attached hydrogens (tertiary/aromatic N) is 1. The summed E-state index contributed by atoms with van der Waals surface area (Å²) in [4.78, 5) is 15.8. The highest BCUT2D eigenvalue weighted by atomic mass is 35.5. The Labute approximate surface area is 173 Å². The van der Waals surface area contributed by atoms with Crippen LogP contribution < -0.4 is 16.4 Å². The van der Waals surface area contributed by atoms with Gasteiger partial charge in [-0.15, -0.1) is 11.6 Å². The predicted molar refractivity (Wildman–Crippen MR) is 116 cm³/mol. The number of alkyl halides is 1. The Bertz CT molecular complexity index is 933. The van der Waals surface area contributed by atoms with Crippen molar-refractivity contribution in [2.75, 3.05) is 22.2 Å². The lowest BCUT2D eigenvalue weighted by molar-refractivity contribution is -0.113. The van der Waals surface area contributed by atoms with Crippen LogP contribution in [-0.2, 0) is 11.2 Å². The number of benzene rings is 2. The number of carbonyl (C=O) groups is 1. The first-order chi connectivity index (χ1) is 13.5. The largest absolute Gasteiger partial charge is 0.382 e. The van der Waals surface area contributed by atoms with E-state index in [9.17, 15) is 4.79 Å². The van der Waals surface area contributed by atoms with Crippen LogP contribution in [0.1, 0.15) is 17.2 Å². The standard InChI is InChI=1S/C21H20Cl2N4O/c22-13-20(28)26-17-10-11-19(27-21(17)24)25-18(15-4-2-1-3-5-15)12-14-6-8-16(23)9-7-14/h1-11,18H,12-13H2,(H,26,28)(H3,24,25,27). The van der Waals surface area contributed by atoms with E-state index in [1.807, 2.05) is 42.5 Å². The van der Waals surface area contributed by atoms with E-state index in [0.717, 1.165) is 17.5 Å². The molecule has 1 unspecified atom stereocenters. The van der Waals surface area contributed by atoms with E-state index in [2.05, 4.69) is 27.8 Å². The molecule has 7 heteroatoms. The highest BCUT2D eigenvalue weighted by Gasteiger charge is 2.14. The Kier molecular flexibility index (Phi) is 6.74. The molecule has 0 aliphatic carbocycles. The second-order valence-corrected chi connectivity index (χ2v) is 6.95. The molecule has 0 spiro atoms. The SMILES string of the molecule is Nc1nc(NC(Cc2ccc(Cl)cc2)c2ccccc2)ccc1NC(=O)CCl. The van der Waals surface area contributed by atoms with Gasteiger partial charge in [0.1, 0.15) is 17.5 Å². The molecule has 0 aliphatic rings. The molecule has 4 N–H and O–H groups in total. The van der Waals surface area contributed by atoms with Crippen LogP contribution >= 0.6 is 23.2 Å². The van der Waals surface area contributed by atoms with Gasteiger partial charge in [-0.05, 0) is 41.8 Å². The topological polar surface area (TPSA) is 80.0 Å². The molecule has 0 aliphatic heterocycles. The number of hydrogen-bond acceptors (Lipinski definition) is 4. The minimum atomic E-state index is -0.333. The number of nitrogens with one attached hydrogen (secondary N) is 2. The van der Waals surface area contributed by atoms with Crippen LogP contribution in [0.2, 0.25) is 5.02 Å². The fourth-order valence-corrected chi connectivity index (χ4v) is 3.01. The monoisotopic (exact) mass is 414 g/mol. The lowest BCUT2D eigenvalue weighted by atomic mass is 9.99. The molecule has 1 atom stereocenters. The van der Waals surface area contributed by atoms with E-state index in [1.54, 1.807) is 12.1 Å². The van der Waals surface area contributed by atoms with Crippen molar-refractivity contribution >= 4 is 46.4 Å². The Balaban J connectivity index is 1.82. The lowest BCUT2D eigenvalue weighted by Gasteiger charge is -2.21. The number of aromatic nitrogens is 1. The molecule has 3 rings (SSSR count). The fourth-order valence-electron chi connectivity index (χ4n) is 2.82. The van der Waals surface area contributed by atoms with Crippen molar-refractivity contribution in [3.8, 4) is 0 Å². The quantitative estimate of drug-likeness (QED) is 0.480. The van der Waals surface area contributed by atoms with E-state index in [4.69, 9.17) is 28.9 Å². The summed E-state index contributed by atoms with van der Waals surface area (Å²) in [6.45, 7) is 0. The van der Waals surface area contributed by atoms with Gasteiger partial charge < -0.3 is 16.4 Å². The maximum atomic E-state index is 11.5. The maximum absolute atomic E-state index is 11.5. The highest BCUT2D eigenvalue weighted by Crippen LogP contribution is 2.26. The summed E-state index contributed by atoms with van der Waals surface area (Å²) in [5, 5.41) is 6.75. The zero-order valence-corrected chi connectivity index (χ0v) is 16.5. The number of hydrogen-bond donors (Lipinski definition) is 3. The molecule has 0 bridgehead atoms. The Morgan fingerprint density at radius 2 is 1.75 bits per heavy atom. The molecular formula is C21H20Cl2N4O. The van der Waals surface area contributed by atoms with E-state index < -0.39 is 0 Å². The minimum absolute atomic E-state index is 0.0161. The average molecular weight is 415 g/mol. The first-order valence-electron chi connectivity index (χ1n) is 8.73. The number of pyridine rings is 1. The van der Waals surface area contributed by atoms with Crippen molar-refractivity contribution < 1.29 is 4.79 Å². The highest BCUT2D eigenvalue weighted by molar-refractivity contribution is 6.30. The zero-order chi connectivity index (χ0) is 19.9. The van der Waals surface area contributed by atoms with Crippen LogP contribution in [-0.4, -0.2) is 16.8 Å². The third-order valence-electron chi connectivity index (χ3n) is 4.20. The van der Waals surface area contributed by atoms with Crippen LogP contribution in [0.15, 0.2) is 66.7 Å². The van der Waals surface area contributed by atoms with Gasteiger partial charge in [0.15, 0.2) is 0 Å². The van der Waals surface area contributed by atoms with Gasteiger partial charge in [0, 0.05) is 5.02 Å². The van der Waals surface area contributed by atoms with E-state index in [0.29, 0.717) is 16.5 Å². The second kappa shape index (κ2) is 9.44. The fraction of sp³-hybridized carbons (Fsp3) is 0.143. The normalized spacial score (nSPS) is 11.6. The lowest BCUT2D eigenvalue weighted by Crippen LogP contribution is -2.17. The first-order valence-corrected chi connectivity index (χ1v) is 9.64. The van der Waals surface area contributed by atoms with Crippen molar-refractivity contribution in [1.82, 2.24) is 4.98 Å². The molecule has 5 nitrogen and oxygen atoms in total. The smallest absolute Gasteiger partial charge is 0.239 e. The van der Waals surface area contributed by atoms with Crippen LogP contribution in [0, 0.1) is 0 Å². The van der Waals surface area contributed by atoms with Crippen molar-refractivity contribution in [2.45, 2.75) is 12.5 Å². The summed E-state index contributed by atoms with van der Waals surface area (Å²) in [6.07, 6.45) is 0.744. The number of nitrogen functional groups attached to an aromatic ring is 1. The molecular weight excluding hydrogens is 395 g/mol. The zero-order valence-electron chi connectivity index (χ0n) is 15.0. The number of nitrogens with two attached hydrogens (primary N) is 1. The second-order valence-electron chi connectivity index (χ2n) is 6.25. The molecule has 2 aromatic carbocycles. The number of carbonyl (C=O) groups excluding carboxylic acids is 1. The molecule has 144 valence electrons. The van der Waals surface area contributed by atoms with Gasteiger partial charge in [-0.1, -0.05) is 54.1 Å². The average Bonchev–Trinajstić information content (AvgIpc) is 2.71. The third-order valence-corrected chi connectivity index (χ3v) is 4.69. The van der Waals surface area contributed by atoms with Crippen molar-refractivity contribution in [2.24, 2.45) is 0 Å². The van der Waals surface area contributed by atoms with Gasteiger partial charge in [0.25, 0.3) is 0 Å². The molecule has 1 amide bonds. The van der Waals surface area contributed by atoms with Crippen LogP contribution in [0.5, 0.6) is 0 Å². The van der Waals surface area contributed by atoms with Crippen molar-refractivity contribution in [3.05, 3.63) is 82.9 Å². The first kappa shape index (κ1) is 20.0. The third kappa shape index (κ3) is 5.38. The summed E-state index contributed by atoms with van der Waals surface area (Å²) in [5.41, 5.74) is 8.69. The Morgan fingerprint density at radius 1 is 1.04 bits per heavy atom. The van der Waals surface area contributed by atoms with Gasteiger partial charge in [-0.2, -0.15) is 0 Å². The Hall–Kier alpha value is -2.76. The molecule has 0 saturated heterocycles. The molecule has 1 heterocycles. The molecule has 1 aromatic heterocycles. The summed E-state index contributed by atoms with van der Waals surface area (Å²) in [6, 6.07) is 21.3. The van der Waals surface area contributed by atoms with Crippen molar-refractivity contribution in [3.63, 3.8) is 0 Å². The summed E-state index contributed by atoms with van der Waals surface area (Å²) < 4.78 is 0. The maximum Gasteiger partial charge on any atom is 0.239 e. The van der Waals surface area contributed by atoms with Gasteiger partial charge in [0.2, 0.25) is 5.91 Å². The van der Waals surface area contributed by atoms with E-state index in [-0.39, 0.29) is 23.6 Å². The summed E-state index contributed by atoms with van der Waals surface area (Å²) in [7, 11) is 0. The summed E-state index contributed by atoms with van der Waals surface area (Å²) >= 11 is 11.5. The Morgan fingerprint density at radius 3 is 2.39 bits per heavy atom. The minimum Gasteiger partial charge on any atom is -0.382 e. The predicted octanol–water partition coefficient (Wildman–Crippen LogP) is 4.89. The van der Waals surface area contributed by atoms with Gasteiger partial charge in [-0.25, -0.2) is 4.98 Å². The van der Waals surface area contributed by atoms with Crippen LogP contribution in [0.4, 0.5) is 17.3 Å². The van der Waals surface area contributed by atoms with E-state index >= 15 is 0 Å². The van der Waals surface area contributed by atoms with Crippen molar-refractivity contribution in [1.29, 1.82) is 0 Å². The molecule has 0 radical (unpaired) electrons. The molecule has 0 fully saturated rings. The molecule has 0 saturated carbocycles. The van der Waals surface area contributed by atoms with Crippen LogP contribution in [0.25, 0.3) is 0 Å². The number of anilines is 3. The van der Waals surface area contributed by atoms with Crippen LogP contribution in [0.3, 0.4) is 0 Å². The molecule has 28 heavy (non-hydrogen) atoms. The van der Waals surface area contributed by atoms with Gasteiger partial charge >= 0.3 is 0 Å². The van der Waals surface area contributed by atoms with E-state index in [1.165, 1.54) is 0 Å². The number of amides is 1. The van der Waals surface area contributed by atoms with Gasteiger partial charge in [0.05, 0.1) is 11.7 Å². The number of halogens is 2. The number of rotatable bonds is 7. The summed E-state index contributed by atoms with van der Waals surface area (Å²) in [5.74, 6) is 0.364. The van der Waals surface area contributed by atoms with Gasteiger partial charge in [-0.3, -0.25) is 4.79 Å². The molecule has 3 aromatic rings.